The summed E-state index contributed by atoms with van der Waals surface area (Å²) >= 11 is 12.7. The van der Waals surface area contributed by atoms with E-state index in [-0.39, 0.29) is 0 Å². The molecule has 0 saturated carbocycles. The molecule has 0 N–H and O–H groups in total. The first-order valence-electron chi connectivity index (χ1n) is 5.60. The fourth-order valence-corrected chi connectivity index (χ4v) is 21.1. The minimum absolute atomic E-state index is 1.73. The molecule has 0 aromatic rings. The van der Waals surface area contributed by atoms with Crippen LogP contribution < -0.4 is 0 Å². The molecule has 0 aliphatic rings. The summed E-state index contributed by atoms with van der Waals surface area (Å²) in [6.07, 6.45) is 0. The molecule has 0 aliphatic carbocycles. The van der Waals surface area contributed by atoms with Gasteiger partial charge in [-0.15, -0.1) is 22.2 Å². The standard InChI is InChI=1S/C8H24Cl2O3Si4/c1-14(2,3)11-16(7,9)13-17(8,10)12-15(4,5)6/h1-8H3. The predicted molar refractivity (Wildman–Crippen MR) is 84.9 cm³/mol. The predicted octanol–water partition coefficient (Wildman–Crippen LogP) is 4.32. The molecule has 0 heterocycles. The van der Waals surface area contributed by atoms with E-state index in [0.717, 1.165) is 0 Å². The molecule has 0 fully saturated rings. The van der Waals surface area contributed by atoms with Gasteiger partial charge in [0.2, 0.25) is 0 Å². The Kier molecular flexibility index (Phi) is 6.21. The van der Waals surface area contributed by atoms with E-state index in [1.165, 1.54) is 0 Å². The van der Waals surface area contributed by atoms with Gasteiger partial charge in [0, 0.05) is 0 Å². The lowest BCUT2D eigenvalue weighted by Crippen LogP contribution is -2.53. The second-order valence-electron chi connectivity index (χ2n) is 6.20. The van der Waals surface area contributed by atoms with Gasteiger partial charge in [0.25, 0.3) is 0 Å². The average molecular weight is 352 g/mol. The fourth-order valence-electron chi connectivity index (χ4n) is 1.46. The van der Waals surface area contributed by atoms with Crippen molar-refractivity contribution in [3.63, 3.8) is 0 Å². The Bertz CT molecular complexity index is 234. The first-order chi connectivity index (χ1) is 7.12. The van der Waals surface area contributed by atoms with Crippen LogP contribution in [0.3, 0.4) is 0 Å². The highest BCUT2D eigenvalue weighted by atomic mass is 35.6. The molecule has 104 valence electrons. The first kappa shape index (κ1) is 18.3. The van der Waals surface area contributed by atoms with Gasteiger partial charge in [0.05, 0.1) is 0 Å². The molecule has 2 unspecified atom stereocenters. The zero-order valence-corrected chi connectivity index (χ0v) is 17.5. The van der Waals surface area contributed by atoms with Crippen LogP contribution in [0, 0.1) is 0 Å². The van der Waals surface area contributed by atoms with Gasteiger partial charge in [0.1, 0.15) is 0 Å². The SMILES string of the molecule is C[Si](C)(C)O[Si](C)(Cl)O[Si](C)(Cl)O[Si](C)(C)C. The van der Waals surface area contributed by atoms with Crippen molar-refractivity contribution >= 4 is 54.5 Å². The second kappa shape index (κ2) is 5.76. The van der Waals surface area contributed by atoms with E-state index in [1.807, 2.05) is 13.1 Å². The van der Waals surface area contributed by atoms with Crippen LogP contribution in [0.15, 0.2) is 0 Å². The third-order valence-electron chi connectivity index (χ3n) is 1.34. The monoisotopic (exact) mass is 350 g/mol. The summed E-state index contributed by atoms with van der Waals surface area (Å²) in [6, 6.07) is 0. The summed E-state index contributed by atoms with van der Waals surface area (Å²) in [5, 5.41) is 0. The van der Waals surface area contributed by atoms with E-state index in [2.05, 4.69) is 39.3 Å². The van der Waals surface area contributed by atoms with E-state index in [9.17, 15) is 0 Å². The summed E-state index contributed by atoms with van der Waals surface area (Å²) in [4.78, 5) is 0. The maximum atomic E-state index is 6.35. The van der Waals surface area contributed by atoms with Crippen molar-refractivity contribution in [3.05, 3.63) is 0 Å². The fraction of sp³-hybridized carbons (Fsp3) is 1.00. The molecule has 0 rings (SSSR count). The molecule has 2 atom stereocenters. The van der Waals surface area contributed by atoms with E-state index in [1.54, 1.807) is 0 Å². The Balaban J connectivity index is 4.59. The van der Waals surface area contributed by atoms with Crippen LogP contribution in [0.5, 0.6) is 0 Å². The van der Waals surface area contributed by atoms with Crippen molar-refractivity contribution in [1.82, 2.24) is 0 Å². The third-order valence-corrected chi connectivity index (χ3v) is 14.9. The van der Waals surface area contributed by atoms with Crippen LogP contribution in [-0.4, -0.2) is 32.4 Å². The summed E-state index contributed by atoms with van der Waals surface area (Å²) in [5.41, 5.74) is 0. The van der Waals surface area contributed by atoms with Crippen LogP contribution in [0.1, 0.15) is 0 Å². The Morgan fingerprint density at radius 1 is 0.529 bits per heavy atom. The zero-order valence-electron chi connectivity index (χ0n) is 12.0. The quantitative estimate of drug-likeness (QED) is 0.527. The maximum Gasteiger partial charge on any atom is 0.421 e. The van der Waals surface area contributed by atoms with Gasteiger partial charge in [-0.1, -0.05) is 0 Å². The zero-order chi connectivity index (χ0) is 14.1. The minimum Gasteiger partial charge on any atom is -0.426 e. The van der Waals surface area contributed by atoms with Gasteiger partial charge in [-0.2, -0.15) is 0 Å². The summed E-state index contributed by atoms with van der Waals surface area (Å²) in [7, 11) is -8.88. The third kappa shape index (κ3) is 10.9. The van der Waals surface area contributed by atoms with Crippen LogP contribution in [0.2, 0.25) is 52.4 Å². The Hall–Kier alpha value is 1.33. The molecular weight excluding hydrogens is 327 g/mol. The van der Waals surface area contributed by atoms with Gasteiger partial charge in [-0.3, -0.25) is 0 Å². The van der Waals surface area contributed by atoms with Crippen molar-refractivity contribution in [2.24, 2.45) is 0 Å². The van der Waals surface area contributed by atoms with Crippen molar-refractivity contribution in [2.45, 2.75) is 52.4 Å². The molecule has 0 amide bonds. The maximum absolute atomic E-state index is 6.35. The summed E-state index contributed by atoms with van der Waals surface area (Å²) in [6.45, 7) is 16.1. The molecule has 0 aromatic heterocycles. The Morgan fingerprint density at radius 3 is 0.941 bits per heavy atom. The second-order valence-corrected chi connectivity index (χ2v) is 24.6. The number of rotatable bonds is 6. The first-order valence-corrected chi connectivity index (χ1v) is 19.1. The van der Waals surface area contributed by atoms with Crippen molar-refractivity contribution < 1.29 is 12.3 Å². The van der Waals surface area contributed by atoms with E-state index in [4.69, 9.17) is 34.5 Å². The largest absolute Gasteiger partial charge is 0.426 e. The highest BCUT2D eigenvalue weighted by Gasteiger charge is 2.45. The van der Waals surface area contributed by atoms with Gasteiger partial charge >= 0.3 is 15.7 Å². The van der Waals surface area contributed by atoms with Crippen molar-refractivity contribution in [2.75, 3.05) is 0 Å². The molecular formula is C8H24Cl2O3Si4. The van der Waals surface area contributed by atoms with Gasteiger partial charge in [0.15, 0.2) is 16.6 Å². The topological polar surface area (TPSA) is 27.7 Å². The lowest BCUT2D eigenvalue weighted by Gasteiger charge is -2.35. The molecule has 0 saturated heterocycles. The average Bonchev–Trinajstić information content (AvgIpc) is 1.65. The number of hydrogen-bond acceptors (Lipinski definition) is 3. The van der Waals surface area contributed by atoms with Crippen molar-refractivity contribution in [1.29, 1.82) is 0 Å². The molecule has 17 heavy (non-hydrogen) atoms. The molecule has 0 radical (unpaired) electrons. The summed E-state index contributed by atoms with van der Waals surface area (Å²) in [5.74, 6) is 0. The lowest BCUT2D eigenvalue weighted by atomic mass is 11.8. The Morgan fingerprint density at radius 2 is 0.765 bits per heavy atom. The highest BCUT2D eigenvalue weighted by molar-refractivity contribution is 7.24. The molecule has 3 nitrogen and oxygen atoms in total. The molecule has 0 aromatic carbocycles. The highest BCUT2D eigenvalue weighted by Crippen LogP contribution is 2.28. The normalized spacial score (nSPS) is 20.8. The summed E-state index contributed by atoms with van der Waals surface area (Å²) < 4.78 is 17.6. The van der Waals surface area contributed by atoms with E-state index >= 15 is 0 Å². The van der Waals surface area contributed by atoms with Crippen LogP contribution >= 0.6 is 22.2 Å². The lowest BCUT2D eigenvalue weighted by molar-refractivity contribution is 0.357. The molecule has 0 aliphatic heterocycles. The van der Waals surface area contributed by atoms with Gasteiger partial charge in [-0.05, 0) is 52.4 Å². The smallest absolute Gasteiger partial charge is 0.421 e. The van der Waals surface area contributed by atoms with Gasteiger partial charge in [-0.25, -0.2) is 0 Å². The van der Waals surface area contributed by atoms with Crippen molar-refractivity contribution in [3.8, 4) is 0 Å². The number of hydrogen-bond donors (Lipinski definition) is 0. The van der Waals surface area contributed by atoms with Crippen LogP contribution in [-0.2, 0) is 12.3 Å². The van der Waals surface area contributed by atoms with Crippen LogP contribution in [0.25, 0.3) is 0 Å². The minimum atomic E-state index is -2.71. The number of halogens is 2. The van der Waals surface area contributed by atoms with Gasteiger partial charge < -0.3 is 12.3 Å². The van der Waals surface area contributed by atoms with E-state index < -0.39 is 32.4 Å². The molecule has 0 spiro atoms. The van der Waals surface area contributed by atoms with Crippen LogP contribution in [0.4, 0.5) is 0 Å². The molecule has 9 heteroatoms. The Labute approximate surface area is 119 Å². The molecule has 0 bridgehead atoms. The van der Waals surface area contributed by atoms with E-state index in [0.29, 0.717) is 0 Å².